The molecule has 2 heterocycles. The summed E-state index contributed by atoms with van der Waals surface area (Å²) in [6.45, 7) is 12.0. The molecule has 0 bridgehead atoms. The minimum absolute atomic E-state index is 0.0489. The molecular formula is C27H32N2O3Si. The molecule has 0 radical (unpaired) electrons. The first kappa shape index (κ1) is 23.4. The standard InChI is InChI=1S/C27H32N2O3Si/c1-27(2,3)33(4,5)32-22-15-23-25(30)24(21-9-7-6-8-10-21)26(31)29(23,18-22)17-20-13-11-19(16-28)12-14-20/h6-14,22-23H,15,17-18H2,1-5H3. The second-order valence-corrected chi connectivity index (χ2v) is 15.6. The number of carbonyl (C=O) groups is 1. The van der Waals surface area contributed by atoms with Crippen LogP contribution in [-0.2, 0) is 15.8 Å². The molecule has 1 amide bonds. The third-order valence-corrected chi connectivity index (χ3v) is 12.2. The van der Waals surface area contributed by atoms with E-state index in [2.05, 4.69) is 39.9 Å². The first-order valence-corrected chi connectivity index (χ1v) is 14.4. The molecule has 0 saturated carbocycles. The Hall–Kier alpha value is -2.72. The van der Waals surface area contributed by atoms with Gasteiger partial charge in [0.15, 0.2) is 8.32 Å². The van der Waals surface area contributed by atoms with E-state index < -0.39 is 14.4 Å². The third-order valence-electron chi connectivity index (χ3n) is 7.66. The fourth-order valence-corrected chi connectivity index (χ4v) is 6.23. The van der Waals surface area contributed by atoms with Gasteiger partial charge < -0.3 is 9.53 Å². The van der Waals surface area contributed by atoms with Gasteiger partial charge in [-0.3, -0.25) is 0 Å². The Morgan fingerprint density at radius 1 is 1.12 bits per heavy atom. The number of hydrogen-bond donors (Lipinski definition) is 0. The van der Waals surface area contributed by atoms with Crippen LogP contribution < -0.4 is 5.11 Å². The van der Waals surface area contributed by atoms with Crippen molar-refractivity contribution in [1.82, 2.24) is 0 Å². The predicted octanol–water partition coefficient (Wildman–Crippen LogP) is 4.35. The van der Waals surface area contributed by atoms with Crippen molar-refractivity contribution in [2.75, 3.05) is 6.54 Å². The van der Waals surface area contributed by atoms with Crippen molar-refractivity contribution < 1.29 is 18.8 Å². The van der Waals surface area contributed by atoms with Crippen molar-refractivity contribution in [2.45, 2.75) is 64.0 Å². The molecule has 2 aromatic rings. The molecule has 1 fully saturated rings. The van der Waals surface area contributed by atoms with Crippen LogP contribution in [0.5, 0.6) is 0 Å². The maximum absolute atomic E-state index is 14.0. The highest BCUT2D eigenvalue weighted by Gasteiger charge is 2.59. The second-order valence-electron chi connectivity index (χ2n) is 10.8. The molecule has 2 aromatic carbocycles. The van der Waals surface area contributed by atoms with Gasteiger partial charge in [0.1, 0.15) is 25.2 Å². The molecule has 1 saturated heterocycles. The fourth-order valence-electron chi connectivity index (χ4n) is 4.87. The number of fused-ring (bicyclic) bond motifs is 1. The zero-order chi connectivity index (χ0) is 24.0. The Bertz CT molecular complexity index is 1130. The normalized spacial score (nSPS) is 25.3. The van der Waals surface area contributed by atoms with Crippen molar-refractivity contribution in [3.05, 3.63) is 77.0 Å². The lowest BCUT2D eigenvalue weighted by molar-refractivity contribution is -0.873. The van der Waals surface area contributed by atoms with E-state index in [4.69, 9.17) is 9.69 Å². The number of benzene rings is 2. The summed E-state index contributed by atoms with van der Waals surface area (Å²) in [5, 5.41) is 22.8. The average molecular weight is 461 g/mol. The molecule has 4 rings (SSSR count). The number of nitriles is 1. The van der Waals surface area contributed by atoms with Crippen molar-refractivity contribution >= 4 is 19.8 Å². The summed E-state index contributed by atoms with van der Waals surface area (Å²) >= 11 is 0. The highest BCUT2D eigenvalue weighted by atomic mass is 28.4. The summed E-state index contributed by atoms with van der Waals surface area (Å²) in [4.78, 5) is 14.0. The SMILES string of the molecule is CC(C)(C)[Si](C)(C)OC1CC2C([O-])=C(c3ccccc3)C(=O)[N+]2(Cc2ccc(C#N)cc2)C1. The largest absolute Gasteiger partial charge is 0.871 e. The first-order valence-electron chi connectivity index (χ1n) is 11.5. The number of nitrogens with zero attached hydrogens (tertiary/aromatic N) is 2. The summed E-state index contributed by atoms with van der Waals surface area (Å²) < 4.78 is 6.78. The molecule has 6 heteroatoms. The van der Waals surface area contributed by atoms with Gasteiger partial charge >= 0.3 is 5.91 Å². The van der Waals surface area contributed by atoms with Gasteiger partial charge in [-0.2, -0.15) is 5.26 Å². The Kier molecular flexibility index (Phi) is 5.86. The first-order chi connectivity index (χ1) is 15.5. The van der Waals surface area contributed by atoms with Crippen LogP contribution in [0.2, 0.25) is 18.1 Å². The number of quaternary nitrogens is 1. The Balaban J connectivity index is 1.72. The van der Waals surface area contributed by atoms with Crippen LogP contribution in [0.3, 0.4) is 0 Å². The monoisotopic (exact) mass is 460 g/mol. The summed E-state index contributed by atoms with van der Waals surface area (Å²) in [6.07, 6.45) is 0.434. The van der Waals surface area contributed by atoms with E-state index in [1.165, 1.54) is 0 Å². The second kappa shape index (κ2) is 8.25. The molecule has 3 unspecified atom stereocenters. The summed E-state index contributed by atoms with van der Waals surface area (Å²) in [5.74, 6) is -0.178. The van der Waals surface area contributed by atoms with E-state index >= 15 is 0 Å². The lowest BCUT2D eigenvalue weighted by Gasteiger charge is -2.38. The summed E-state index contributed by atoms with van der Waals surface area (Å²) in [5.41, 5.74) is 2.54. The quantitative estimate of drug-likeness (QED) is 0.491. The molecular weight excluding hydrogens is 428 g/mol. The van der Waals surface area contributed by atoms with Crippen LogP contribution >= 0.6 is 0 Å². The van der Waals surface area contributed by atoms with Crippen LogP contribution in [0.25, 0.3) is 5.57 Å². The van der Waals surface area contributed by atoms with Gasteiger partial charge in [0.25, 0.3) is 0 Å². The molecule has 3 atom stereocenters. The highest BCUT2D eigenvalue weighted by molar-refractivity contribution is 6.74. The van der Waals surface area contributed by atoms with Crippen LogP contribution in [0.1, 0.15) is 43.9 Å². The zero-order valence-corrected chi connectivity index (χ0v) is 21.1. The molecule has 33 heavy (non-hydrogen) atoms. The lowest BCUT2D eigenvalue weighted by atomic mass is 10.0. The van der Waals surface area contributed by atoms with Gasteiger partial charge in [-0.05, 0) is 35.8 Å². The maximum Gasteiger partial charge on any atom is 0.346 e. The minimum atomic E-state index is -2.06. The van der Waals surface area contributed by atoms with Gasteiger partial charge in [0, 0.05) is 12.0 Å². The highest BCUT2D eigenvalue weighted by Crippen LogP contribution is 2.47. The van der Waals surface area contributed by atoms with Crippen molar-refractivity contribution in [1.29, 1.82) is 5.26 Å². The molecule has 0 aromatic heterocycles. The van der Waals surface area contributed by atoms with Crippen molar-refractivity contribution in [3.63, 3.8) is 0 Å². The van der Waals surface area contributed by atoms with Crippen LogP contribution in [0, 0.1) is 11.3 Å². The van der Waals surface area contributed by atoms with E-state index in [9.17, 15) is 9.90 Å². The maximum atomic E-state index is 14.0. The van der Waals surface area contributed by atoms with E-state index in [0.29, 0.717) is 36.2 Å². The van der Waals surface area contributed by atoms with Gasteiger partial charge in [0.05, 0.1) is 17.2 Å². The van der Waals surface area contributed by atoms with E-state index in [0.717, 1.165) is 5.56 Å². The number of hydrogen-bond acceptors (Lipinski definition) is 4. The zero-order valence-electron chi connectivity index (χ0n) is 20.1. The smallest absolute Gasteiger partial charge is 0.346 e. The van der Waals surface area contributed by atoms with Crippen molar-refractivity contribution in [2.24, 2.45) is 0 Å². The third kappa shape index (κ3) is 4.06. The minimum Gasteiger partial charge on any atom is -0.871 e. The van der Waals surface area contributed by atoms with E-state index in [-0.39, 0.29) is 27.3 Å². The molecule has 172 valence electrons. The number of rotatable bonds is 5. The molecule has 0 aliphatic carbocycles. The van der Waals surface area contributed by atoms with Crippen LogP contribution in [0.15, 0.2) is 60.4 Å². The summed E-state index contributed by atoms with van der Waals surface area (Å²) in [7, 11) is -2.06. The van der Waals surface area contributed by atoms with Gasteiger partial charge in [-0.1, -0.05) is 69.0 Å². The molecule has 0 spiro atoms. The Morgan fingerprint density at radius 3 is 2.33 bits per heavy atom. The molecule has 2 aliphatic rings. The van der Waals surface area contributed by atoms with Gasteiger partial charge in [-0.25, -0.2) is 9.28 Å². The van der Waals surface area contributed by atoms with Crippen molar-refractivity contribution in [3.8, 4) is 6.07 Å². The van der Waals surface area contributed by atoms with E-state index in [1.807, 2.05) is 42.5 Å². The van der Waals surface area contributed by atoms with Crippen LogP contribution in [-0.4, -0.2) is 37.4 Å². The average Bonchev–Trinajstić information content (AvgIpc) is 3.20. The Morgan fingerprint density at radius 2 is 1.76 bits per heavy atom. The molecule has 2 aliphatic heterocycles. The lowest BCUT2D eigenvalue weighted by Crippen LogP contribution is -2.54. The Labute approximate surface area is 197 Å². The topological polar surface area (TPSA) is 73.2 Å². The number of amides is 1. The molecule has 0 N–H and O–H groups in total. The van der Waals surface area contributed by atoms with Crippen LogP contribution in [0.4, 0.5) is 0 Å². The fraction of sp³-hybridized carbons (Fsp3) is 0.407. The van der Waals surface area contributed by atoms with Gasteiger partial charge in [-0.15, -0.1) is 0 Å². The number of carbonyl (C=O) groups excluding carboxylic acids is 1. The van der Waals surface area contributed by atoms with E-state index in [1.54, 1.807) is 12.1 Å². The molecule has 5 nitrogen and oxygen atoms in total. The van der Waals surface area contributed by atoms with Gasteiger partial charge in [0.2, 0.25) is 0 Å². The summed E-state index contributed by atoms with van der Waals surface area (Å²) in [6, 6.07) is 18.3. The predicted molar refractivity (Wildman–Crippen MR) is 129 cm³/mol.